The van der Waals surface area contributed by atoms with Crippen molar-refractivity contribution in [3.63, 3.8) is 0 Å². The fourth-order valence-corrected chi connectivity index (χ4v) is 0.963. The van der Waals surface area contributed by atoms with Crippen LogP contribution >= 0.6 is 0 Å². The van der Waals surface area contributed by atoms with Gasteiger partial charge in [-0.2, -0.15) is 0 Å². The zero-order valence-corrected chi connectivity index (χ0v) is 10.7. The Kier molecular flexibility index (Phi) is 13.5. The fourth-order valence-electron chi connectivity index (χ4n) is 0.963. The van der Waals surface area contributed by atoms with Crippen LogP contribution in [0.1, 0.15) is 6.92 Å². The van der Waals surface area contributed by atoms with E-state index in [1.54, 1.807) is 6.92 Å². The molecule has 2 N–H and O–H groups in total. The number of carbonyl (C=O) groups excluding carboxylic acids is 1. The van der Waals surface area contributed by atoms with E-state index in [0.717, 1.165) is 0 Å². The van der Waals surface area contributed by atoms with Gasteiger partial charge in [0, 0.05) is 6.54 Å². The van der Waals surface area contributed by atoms with Crippen molar-refractivity contribution in [2.24, 2.45) is 0 Å². The molecule has 18 heavy (non-hydrogen) atoms. The van der Waals surface area contributed by atoms with Crippen molar-refractivity contribution >= 4 is 6.09 Å². The standard InChI is InChI=1S/C11H22NO6/c1-2-15-9-10-18-11(14)12-3-5-16-7-8-17-6-4-13/h2,13H,3-10H2,1H3,(H,12,14). The highest BCUT2D eigenvalue weighted by Crippen LogP contribution is 1.83. The molecule has 0 aromatic heterocycles. The second kappa shape index (κ2) is 14.2. The molecule has 0 heterocycles. The molecule has 0 aliphatic heterocycles. The first kappa shape index (κ1) is 17.1. The molecule has 1 amide bonds. The maximum absolute atomic E-state index is 11.1. The predicted molar refractivity (Wildman–Crippen MR) is 64.0 cm³/mol. The molecule has 0 aliphatic rings. The maximum Gasteiger partial charge on any atom is 0.407 e. The van der Waals surface area contributed by atoms with Crippen LogP contribution in [0.3, 0.4) is 0 Å². The molecule has 0 unspecified atom stereocenters. The number of ether oxygens (including phenoxy) is 4. The molecule has 7 heteroatoms. The minimum atomic E-state index is -0.491. The molecule has 0 rings (SSSR count). The summed E-state index contributed by atoms with van der Waals surface area (Å²) in [7, 11) is 0. The van der Waals surface area contributed by atoms with Gasteiger partial charge in [0.15, 0.2) is 0 Å². The monoisotopic (exact) mass is 264 g/mol. The molecule has 7 nitrogen and oxygen atoms in total. The Balaban J connectivity index is 3.10. The molecule has 0 fully saturated rings. The number of carbonyl (C=O) groups is 1. The first-order chi connectivity index (χ1) is 8.81. The highest BCUT2D eigenvalue weighted by molar-refractivity contribution is 5.66. The summed E-state index contributed by atoms with van der Waals surface area (Å²) in [5.41, 5.74) is 0. The lowest BCUT2D eigenvalue weighted by Gasteiger charge is -2.07. The number of aliphatic hydroxyl groups is 1. The number of hydrogen-bond acceptors (Lipinski definition) is 6. The second-order valence-corrected chi connectivity index (χ2v) is 3.12. The third kappa shape index (κ3) is 13.2. The highest BCUT2D eigenvalue weighted by atomic mass is 16.6. The molecule has 107 valence electrons. The van der Waals surface area contributed by atoms with Gasteiger partial charge in [-0.1, -0.05) is 0 Å². The largest absolute Gasteiger partial charge is 0.447 e. The quantitative estimate of drug-likeness (QED) is 0.480. The molecule has 0 bridgehead atoms. The molecule has 0 aromatic carbocycles. The normalized spacial score (nSPS) is 10.3. The number of hydrogen-bond donors (Lipinski definition) is 2. The van der Waals surface area contributed by atoms with Gasteiger partial charge >= 0.3 is 6.09 Å². The lowest BCUT2D eigenvalue weighted by Crippen LogP contribution is -2.29. The van der Waals surface area contributed by atoms with Gasteiger partial charge in [-0.05, 0) is 6.92 Å². The van der Waals surface area contributed by atoms with Crippen LogP contribution in [0.25, 0.3) is 0 Å². The van der Waals surface area contributed by atoms with Crippen LogP contribution in [-0.2, 0) is 18.9 Å². The fraction of sp³-hybridized carbons (Fsp3) is 0.818. The third-order valence-electron chi connectivity index (χ3n) is 1.72. The molecule has 0 saturated carbocycles. The summed E-state index contributed by atoms with van der Waals surface area (Å²) in [5.74, 6) is 0. The van der Waals surface area contributed by atoms with E-state index in [-0.39, 0.29) is 13.2 Å². The average Bonchev–Trinajstić information content (AvgIpc) is 2.38. The van der Waals surface area contributed by atoms with Crippen molar-refractivity contribution in [2.45, 2.75) is 6.92 Å². The van der Waals surface area contributed by atoms with Gasteiger partial charge in [0.1, 0.15) is 6.61 Å². The Morgan fingerprint density at radius 2 is 1.83 bits per heavy atom. The lowest BCUT2D eigenvalue weighted by molar-refractivity contribution is 0.0335. The van der Waals surface area contributed by atoms with E-state index in [9.17, 15) is 4.79 Å². The van der Waals surface area contributed by atoms with E-state index in [0.29, 0.717) is 39.6 Å². The summed E-state index contributed by atoms with van der Waals surface area (Å²) in [5, 5.41) is 11.0. The zero-order chi connectivity index (χ0) is 13.5. The number of amides is 1. The van der Waals surface area contributed by atoms with Crippen molar-refractivity contribution in [3.05, 3.63) is 6.61 Å². The second-order valence-electron chi connectivity index (χ2n) is 3.12. The maximum atomic E-state index is 11.1. The average molecular weight is 264 g/mol. The number of alkyl carbamates (subject to hydrolysis) is 1. The van der Waals surface area contributed by atoms with Crippen LogP contribution in [0.15, 0.2) is 0 Å². The predicted octanol–water partition coefficient (Wildman–Crippen LogP) is -0.0636. The van der Waals surface area contributed by atoms with Crippen LogP contribution in [0, 0.1) is 6.61 Å². The first-order valence-corrected chi connectivity index (χ1v) is 5.87. The van der Waals surface area contributed by atoms with E-state index in [4.69, 9.17) is 24.1 Å². The topological polar surface area (TPSA) is 86.3 Å². The smallest absolute Gasteiger partial charge is 0.407 e. The summed E-state index contributed by atoms with van der Waals surface area (Å²) in [6.07, 6.45) is -0.491. The molecule has 0 atom stereocenters. The first-order valence-electron chi connectivity index (χ1n) is 5.87. The molecular weight excluding hydrogens is 242 g/mol. The van der Waals surface area contributed by atoms with Crippen LogP contribution in [0.5, 0.6) is 0 Å². The van der Waals surface area contributed by atoms with E-state index >= 15 is 0 Å². The van der Waals surface area contributed by atoms with Gasteiger partial charge < -0.3 is 29.4 Å². The molecular formula is C11H22NO6. The highest BCUT2D eigenvalue weighted by Gasteiger charge is 2.00. The molecule has 1 radical (unpaired) electrons. The number of rotatable bonds is 12. The Hall–Kier alpha value is -0.890. The molecule has 0 aliphatic carbocycles. The van der Waals surface area contributed by atoms with Gasteiger partial charge in [-0.25, -0.2) is 4.79 Å². The van der Waals surface area contributed by atoms with Crippen molar-refractivity contribution < 1.29 is 28.8 Å². The van der Waals surface area contributed by atoms with E-state index in [2.05, 4.69) is 5.32 Å². The number of aliphatic hydroxyl groups excluding tert-OH is 1. The Labute approximate surface area is 107 Å². The summed E-state index contributed by atoms with van der Waals surface area (Å²) in [4.78, 5) is 11.1. The molecule has 0 saturated heterocycles. The van der Waals surface area contributed by atoms with E-state index in [1.807, 2.05) is 0 Å². The van der Waals surface area contributed by atoms with Crippen LogP contribution in [-0.4, -0.2) is 64.0 Å². The lowest BCUT2D eigenvalue weighted by atomic mass is 10.6. The van der Waals surface area contributed by atoms with Crippen molar-refractivity contribution in [1.82, 2.24) is 5.32 Å². The van der Waals surface area contributed by atoms with Crippen LogP contribution < -0.4 is 5.32 Å². The minimum Gasteiger partial charge on any atom is -0.447 e. The van der Waals surface area contributed by atoms with Gasteiger partial charge in [0.2, 0.25) is 0 Å². The summed E-state index contributed by atoms with van der Waals surface area (Å²) in [6.45, 7) is 5.78. The Morgan fingerprint density at radius 3 is 2.50 bits per heavy atom. The summed E-state index contributed by atoms with van der Waals surface area (Å²) >= 11 is 0. The minimum absolute atomic E-state index is 0.00685. The SMILES string of the molecule is C[CH]OCCOC(=O)NCCOCCOCCO. The summed E-state index contributed by atoms with van der Waals surface area (Å²) in [6, 6.07) is 0. The Morgan fingerprint density at radius 1 is 1.11 bits per heavy atom. The van der Waals surface area contributed by atoms with Crippen molar-refractivity contribution in [2.75, 3.05) is 52.8 Å². The van der Waals surface area contributed by atoms with Gasteiger partial charge in [0.05, 0.1) is 46.2 Å². The van der Waals surface area contributed by atoms with Crippen molar-refractivity contribution in [1.29, 1.82) is 0 Å². The molecule has 0 spiro atoms. The van der Waals surface area contributed by atoms with Crippen molar-refractivity contribution in [3.8, 4) is 0 Å². The van der Waals surface area contributed by atoms with E-state index in [1.165, 1.54) is 6.61 Å². The third-order valence-corrected chi connectivity index (χ3v) is 1.72. The van der Waals surface area contributed by atoms with Crippen LogP contribution in [0.2, 0.25) is 0 Å². The molecule has 0 aromatic rings. The number of nitrogens with one attached hydrogen (secondary N) is 1. The van der Waals surface area contributed by atoms with Gasteiger partial charge in [-0.15, -0.1) is 0 Å². The van der Waals surface area contributed by atoms with Gasteiger partial charge in [0.25, 0.3) is 0 Å². The Bertz CT molecular complexity index is 190. The van der Waals surface area contributed by atoms with E-state index < -0.39 is 6.09 Å². The summed E-state index contributed by atoms with van der Waals surface area (Å²) < 4.78 is 19.8. The van der Waals surface area contributed by atoms with Crippen LogP contribution in [0.4, 0.5) is 4.79 Å². The van der Waals surface area contributed by atoms with Gasteiger partial charge in [-0.3, -0.25) is 0 Å². The zero-order valence-electron chi connectivity index (χ0n) is 10.7.